The molecule has 0 bridgehead atoms. The zero-order valence-electron chi connectivity index (χ0n) is 11.0. The Balaban J connectivity index is 2.44. The quantitative estimate of drug-likeness (QED) is 0.815. The lowest BCUT2D eigenvalue weighted by molar-refractivity contribution is 0.228. The van der Waals surface area contributed by atoms with Gasteiger partial charge < -0.3 is 10.4 Å². The summed E-state index contributed by atoms with van der Waals surface area (Å²) < 4.78 is 0. The van der Waals surface area contributed by atoms with Crippen molar-refractivity contribution in [3.8, 4) is 0 Å². The molecule has 17 heavy (non-hydrogen) atoms. The lowest BCUT2D eigenvalue weighted by atomic mass is 9.92. The number of hydrogen-bond acceptors (Lipinski definition) is 2. The van der Waals surface area contributed by atoms with Crippen LogP contribution >= 0.6 is 0 Å². The van der Waals surface area contributed by atoms with Gasteiger partial charge in [-0.05, 0) is 46.7 Å². The van der Waals surface area contributed by atoms with Crippen LogP contribution in [0.15, 0.2) is 23.8 Å². The Morgan fingerprint density at radius 3 is 2.41 bits per heavy atom. The van der Waals surface area contributed by atoms with Gasteiger partial charge in [0.2, 0.25) is 0 Å². The smallest absolute Gasteiger partial charge is 0.147 e. The van der Waals surface area contributed by atoms with Crippen LogP contribution in [-0.2, 0) is 0 Å². The van der Waals surface area contributed by atoms with E-state index in [0.717, 1.165) is 11.3 Å². The molecule has 1 unspecified atom stereocenters. The number of aliphatic hydroxyl groups is 1. The van der Waals surface area contributed by atoms with Crippen LogP contribution in [-0.4, -0.2) is 11.3 Å². The predicted molar refractivity (Wildman–Crippen MR) is 73.0 cm³/mol. The van der Waals surface area contributed by atoms with Crippen LogP contribution in [0.5, 0.6) is 0 Å². The summed E-state index contributed by atoms with van der Waals surface area (Å²) in [6.45, 7) is 8.60. The minimum absolute atomic E-state index is 0.355. The first-order chi connectivity index (χ1) is 7.99. The molecule has 0 amide bonds. The molecule has 1 aliphatic heterocycles. The molecule has 1 aromatic rings. The van der Waals surface area contributed by atoms with E-state index < -0.39 is 6.23 Å². The Morgan fingerprint density at radius 1 is 1.12 bits per heavy atom. The van der Waals surface area contributed by atoms with E-state index in [-0.39, 0.29) is 0 Å². The van der Waals surface area contributed by atoms with E-state index in [9.17, 15) is 5.11 Å². The number of rotatable bonds is 2. The number of benzene rings is 1. The summed E-state index contributed by atoms with van der Waals surface area (Å²) in [5, 5.41) is 13.1. The Labute approximate surface area is 103 Å². The zero-order valence-corrected chi connectivity index (χ0v) is 11.0. The van der Waals surface area contributed by atoms with Gasteiger partial charge in [-0.2, -0.15) is 0 Å². The highest BCUT2D eigenvalue weighted by Gasteiger charge is 2.20. The second kappa shape index (κ2) is 4.53. The van der Waals surface area contributed by atoms with Crippen LogP contribution in [0.25, 0.3) is 6.08 Å². The molecule has 0 saturated carbocycles. The highest BCUT2D eigenvalue weighted by molar-refractivity contribution is 5.73. The molecule has 0 spiro atoms. The highest BCUT2D eigenvalue weighted by Crippen LogP contribution is 2.31. The van der Waals surface area contributed by atoms with E-state index in [0.29, 0.717) is 11.8 Å². The van der Waals surface area contributed by atoms with Crippen molar-refractivity contribution < 1.29 is 5.11 Å². The number of anilines is 1. The average Bonchev–Trinajstić information content (AvgIpc) is 2.27. The van der Waals surface area contributed by atoms with E-state index >= 15 is 0 Å². The van der Waals surface area contributed by atoms with Crippen molar-refractivity contribution in [3.63, 3.8) is 0 Å². The van der Waals surface area contributed by atoms with E-state index in [1.54, 1.807) is 0 Å². The van der Waals surface area contributed by atoms with Crippen LogP contribution in [0, 0.1) is 5.92 Å². The van der Waals surface area contributed by atoms with Crippen LogP contribution in [0.2, 0.25) is 0 Å². The van der Waals surface area contributed by atoms with Gasteiger partial charge >= 0.3 is 0 Å². The molecule has 0 saturated heterocycles. The molecule has 92 valence electrons. The Morgan fingerprint density at radius 2 is 1.82 bits per heavy atom. The molecule has 2 rings (SSSR count). The molecular formula is C15H21NO. The summed E-state index contributed by atoms with van der Waals surface area (Å²) in [4.78, 5) is 0. The lowest BCUT2D eigenvalue weighted by Crippen LogP contribution is -2.27. The third-order valence-corrected chi connectivity index (χ3v) is 3.34. The molecule has 0 fully saturated rings. The van der Waals surface area contributed by atoms with Crippen molar-refractivity contribution in [1.82, 2.24) is 0 Å². The summed E-state index contributed by atoms with van der Waals surface area (Å²) in [6, 6.07) is 6.39. The average molecular weight is 231 g/mol. The fraction of sp³-hybridized carbons (Fsp3) is 0.467. The van der Waals surface area contributed by atoms with Crippen LogP contribution in [0.1, 0.15) is 44.7 Å². The van der Waals surface area contributed by atoms with Gasteiger partial charge in [-0.25, -0.2) is 0 Å². The van der Waals surface area contributed by atoms with Gasteiger partial charge in [0.05, 0.1) is 0 Å². The SMILES string of the molecule is CC(C)C1=Cc2cc(C(C)C)ccc2NC1O. The largest absolute Gasteiger partial charge is 0.370 e. The van der Waals surface area contributed by atoms with Gasteiger partial charge in [0.15, 0.2) is 0 Å². The van der Waals surface area contributed by atoms with E-state index in [4.69, 9.17) is 0 Å². The highest BCUT2D eigenvalue weighted by atomic mass is 16.3. The van der Waals surface area contributed by atoms with Crippen molar-refractivity contribution in [3.05, 3.63) is 34.9 Å². The molecule has 1 aromatic carbocycles. The number of hydrogen-bond donors (Lipinski definition) is 2. The number of nitrogens with one attached hydrogen (secondary N) is 1. The molecule has 2 heteroatoms. The minimum Gasteiger partial charge on any atom is -0.370 e. The Kier molecular flexibility index (Phi) is 3.25. The zero-order chi connectivity index (χ0) is 12.6. The second-order valence-electron chi connectivity index (χ2n) is 5.35. The van der Waals surface area contributed by atoms with Crippen molar-refractivity contribution >= 4 is 11.8 Å². The Bertz CT molecular complexity index is 446. The third kappa shape index (κ3) is 2.37. The van der Waals surface area contributed by atoms with Crippen LogP contribution in [0.4, 0.5) is 5.69 Å². The maximum atomic E-state index is 9.99. The molecule has 2 N–H and O–H groups in total. The van der Waals surface area contributed by atoms with Crippen LogP contribution in [0.3, 0.4) is 0 Å². The van der Waals surface area contributed by atoms with Gasteiger partial charge in [-0.3, -0.25) is 0 Å². The predicted octanol–water partition coefficient (Wildman–Crippen LogP) is 3.59. The topological polar surface area (TPSA) is 32.3 Å². The molecular weight excluding hydrogens is 210 g/mol. The van der Waals surface area contributed by atoms with Crippen molar-refractivity contribution in [2.45, 2.75) is 39.8 Å². The van der Waals surface area contributed by atoms with Crippen molar-refractivity contribution in [2.75, 3.05) is 5.32 Å². The monoisotopic (exact) mass is 231 g/mol. The van der Waals surface area contributed by atoms with E-state index in [1.165, 1.54) is 11.1 Å². The number of aliphatic hydroxyl groups excluding tert-OH is 1. The fourth-order valence-corrected chi connectivity index (χ4v) is 2.16. The maximum Gasteiger partial charge on any atom is 0.147 e. The molecule has 2 nitrogen and oxygen atoms in total. The maximum absolute atomic E-state index is 9.99. The van der Waals surface area contributed by atoms with Gasteiger partial charge in [-0.15, -0.1) is 0 Å². The van der Waals surface area contributed by atoms with E-state index in [2.05, 4.69) is 57.3 Å². The number of fused-ring (bicyclic) bond motifs is 1. The third-order valence-electron chi connectivity index (χ3n) is 3.34. The fourth-order valence-electron chi connectivity index (χ4n) is 2.16. The summed E-state index contributed by atoms with van der Waals surface area (Å²) in [5.74, 6) is 0.886. The van der Waals surface area contributed by atoms with Crippen molar-refractivity contribution in [1.29, 1.82) is 0 Å². The van der Waals surface area contributed by atoms with Gasteiger partial charge in [0.1, 0.15) is 6.23 Å². The van der Waals surface area contributed by atoms with Gasteiger partial charge in [-0.1, -0.05) is 33.8 Å². The van der Waals surface area contributed by atoms with Gasteiger partial charge in [0.25, 0.3) is 0 Å². The second-order valence-corrected chi connectivity index (χ2v) is 5.35. The first kappa shape index (κ1) is 12.2. The van der Waals surface area contributed by atoms with Crippen LogP contribution < -0.4 is 5.32 Å². The van der Waals surface area contributed by atoms with Gasteiger partial charge in [0, 0.05) is 5.69 Å². The molecule has 0 radical (unpaired) electrons. The summed E-state index contributed by atoms with van der Waals surface area (Å²) in [6.07, 6.45) is 1.57. The van der Waals surface area contributed by atoms with E-state index in [1.807, 2.05) is 0 Å². The first-order valence-electron chi connectivity index (χ1n) is 6.29. The summed E-state index contributed by atoms with van der Waals surface area (Å²) >= 11 is 0. The standard InChI is InChI=1S/C15H21NO/c1-9(2)11-5-6-14-12(7-11)8-13(10(3)4)15(17)16-14/h5-10,15-17H,1-4H3. The lowest BCUT2D eigenvalue weighted by Gasteiger charge is -2.27. The molecule has 1 atom stereocenters. The molecule has 1 heterocycles. The summed E-state index contributed by atoms with van der Waals surface area (Å²) in [7, 11) is 0. The minimum atomic E-state index is -0.549. The Hall–Kier alpha value is -1.28. The molecule has 0 aliphatic carbocycles. The van der Waals surface area contributed by atoms with Crippen molar-refractivity contribution in [2.24, 2.45) is 5.92 Å². The molecule has 1 aliphatic rings. The molecule has 0 aromatic heterocycles. The normalized spacial score (nSPS) is 19.0. The first-order valence-corrected chi connectivity index (χ1v) is 6.29. The summed E-state index contributed by atoms with van der Waals surface area (Å²) in [5.41, 5.74) is 4.59.